The summed E-state index contributed by atoms with van der Waals surface area (Å²) in [6, 6.07) is 14.3. The first-order chi connectivity index (χ1) is 14.0. The summed E-state index contributed by atoms with van der Waals surface area (Å²) in [5.74, 6) is 2.41. The van der Waals surface area contributed by atoms with E-state index in [0.29, 0.717) is 0 Å². The number of aryl methyl sites for hydroxylation is 2. The molecule has 0 fully saturated rings. The molecule has 0 bridgehead atoms. The molecule has 0 radical (unpaired) electrons. The second kappa shape index (κ2) is 8.69. The second-order valence-corrected chi connectivity index (χ2v) is 9.20. The van der Waals surface area contributed by atoms with E-state index in [2.05, 4.69) is 67.3 Å². The van der Waals surface area contributed by atoms with Crippen molar-refractivity contribution in [1.29, 1.82) is 0 Å². The Morgan fingerprint density at radius 3 is 2.79 bits per heavy atom. The molecule has 0 aliphatic carbocycles. The molecule has 2 heterocycles. The Morgan fingerprint density at radius 2 is 2.00 bits per heavy atom. The van der Waals surface area contributed by atoms with Crippen molar-refractivity contribution in [3.05, 3.63) is 69.4 Å². The van der Waals surface area contributed by atoms with Crippen molar-refractivity contribution in [3.8, 4) is 22.0 Å². The molecule has 0 saturated heterocycles. The van der Waals surface area contributed by atoms with Gasteiger partial charge in [-0.05, 0) is 49.7 Å². The minimum atomic E-state index is 0.719. The molecule has 0 N–H and O–H groups in total. The van der Waals surface area contributed by atoms with Crippen LogP contribution in [0.15, 0.2) is 57.5 Å². The molecule has 5 nitrogen and oxygen atoms in total. The van der Waals surface area contributed by atoms with E-state index in [1.807, 2.05) is 25.1 Å². The Hall–Kier alpha value is -2.16. The van der Waals surface area contributed by atoms with Gasteiger partial charge in [0.1, 0.15) is 16.6 Å². The van der Waals surface area contributed by atoms with Gasteiger partial charge >= 0.3 is 0 Å². The Bertz CT molecular complexity index is 1160. The highest BCUT2D eigenvalue weighted by Crippen LogP contribution is 2.35. The Morgan fingerprint density at radius 1 is 1.14 bits per heavy atom. The van der Waals surface area contributed by atoms with Crippen LogP contribution in [-0.2, 0) is 5.75 Å². The number of hydrogen-bond acceptors (Lipinski definition) is 6. The van der Waals surface area contributed by atoms with E-state index in [-0.39, 0.29) is 0 Å². The minimum absolute atomic E-state index is 0.719. The third-order valence-corrected chi connectivity index (χ3v) is 6.73. The number of thioether (sulfide) groups is 1. The van der Waals surface area contributed by atoms with Gasteiger partial charge in [0.05, 0.1) is 18.4 Å². The van der Waals surface area contributed by atoms with Crippen molar-refractivity contribution >= 4 is 39.0 Å². The summed E-state index contributed by atoms with van der Waals surface area (Å²) in [6.45, 7) is 4.06. The third kappa shape index (κ3) is 4.39. The van der Waals surface area contributed by atoms with E-state index in [1.165, 1.54) is 5.56 Å². The number of ether oxygens (including phenoxy) is 1. The molecule has 0 atom stereocenters. The maximum Gasteiger partial charge on any atom is 0.196 e. The number of hydrogen-bond donors (Lipinski definition) is 0. The maximum absolute atomic E-state index is 5.49. The highest BCUT2D eigenvalue weighted by molar-refractivity contribution is 9.10. The van der Waals surface area contributed by atoms with Gasteiger partial charge in [0.15, 0.2) is 5.16 Å². The van der Waals surface area contributed by atoms with Crippen LogP contribution >= 0.6 is 39.0 Å². The number of aromatic nitrogens is 4. The first-order valence-corrected chi connectivity index (χ1v) is 11.6. The average Bonchev–Trinajstić information content (AvgIpc) is 3.33. The largest absolute Gasteiger partial charge is 0.496 e. The second-order valence-electron chi connectivity index (χ2n) is 6.48. The minimum Gasteiger partial charge on any atom is -0.496 e. The van der Waals surface area contributed by atoms with Crippen LogP contribution in [0.25, 0.3) is 16.3 Å². The monoisotopic (exact) mass is 486 g/mol. The first kappa shape index (κ1) is 20.1. The Kier molecular flexibility index (Phi) is 6.03. The number of rotatable bonds is 6. The molecule has 0 unspecified atom stereocenters. The van der Waals surface area contributed by atoms with E-state index in [9.17, 15) is 0 Å². The molecule has 0 saturated carbocycles. The SMILES string of the molecule is COc1ccc(Br)cc1-c1nc(CSc2nnc(C)n2-c2cccc(C)c2)cs1. The molecule has 2 aromatic heterocycles. The lowest BCUT2D eigenvalue weighted by molar-refractivity contribution is 0.416. The molecule has 4 rings (SSSR count). The molecule has 0 spiro atoms. The van der Waals surface area contributed by atoms with Crippen molar-refractivity contribution in [2.45, 2.75) is 24.8 Å². The van der Waals surface area contributed by atoms with E-state index in [0.717, 1.165) is 48.9 Å². The zero-order chi connectivity index (χ0) is 20.4. The predicted octanol–water partition coefficient (Wildman–Crippen LogP) is 6.07. The topological polar surface area (TPSA) is 52.8 Å². The highest BCUT2D eigenvalue weighted by atomic mass is 79.9. The standard InChI is InChI=1S/C21H19BrN4OS2/c1-13-5-4-6-17(9-13)26-14(2)24-25-21(26)29-12-16-11-28-20(23-16)18-10-15(22)7-8-19(18)27-3/h4-11H,12H2,1-3H3. The third-order valence-electron chi connectivity index (χ3n) is 4.35. The van der Waals surface area contributed by atoms with Crippen molar-refractivity contribution in [1.82, 2.24) is 19.7 Å². The van der Waals surface area contributed by atoms with Crippen LogP contribution in [0, 0.1) is 13.8 Å². The van der Waals surface area contributed by atoms with Gasteiger partial charge in [-0.1, -0.05) is 39.8 Å². The van der Waals surface area contributed by atoms with Gasteiger partial charge in [-0.25, -0.2) is 4.98 Å². The summed E-state index contributed by atoms with van der Waals surface area (Å²) < 4.78 is 8.58. The van der Waals surface area contributed by atoms with Gasteiger partial charge < -0.3 is 4.74 Å². The van der Waals surface area contributed by atoms with Crippen LogP contribution in [0.4, 0.5) is 0 Å². The summed E-state index contributed by atoms with van der Waals surface area (Å²) in [5.41, 5.74) is 4.28. The number of benzene rings is 2. The van der Waals surface area contributed by atoms with Crippen LogP contribution < -0.4 is 4.74 Å². The molecule has 2 aromatic carbocycles. The molecule has 0 aliphatic rings. The van der Waals surface area contributed by atoms with Crippen LogP contribution in [0.1, 0.15) is 17.1 Å². The van der Waals surface area contributed by atoms with Gasteiger partial charge in [-0.15, -0.1) is 21.5 Å². The van der Waals surface area contributed by atoms with E-state index >= 15 is 0 Å². The van der Waals surface area contributed by atoms with Crippen LogP contribution in [0.2, 0.25) is 0 Å². The summed E-state index contributed by atoms with van der Waals surface area (Å²) in [5, 5.41) is 12.5. The molecule has 0 aliphatic heterocycles. The van der Waals surface area contributed by atoms with Crippen molar-refractivity contribution in [3.63, 3.8) is 0 Å². The van der Waals surface area contributed by atoms with Crippen molar-refractivity contribution in [2.75, 3.05) is 7.11 Å². The van der Waals surface area contributed by atoms with Crippen LogP contribution in [0.5, 0.6) is 5.75 Å². The normalized spacial score (nSPS) is 11.0. The molecule has 148 valence electrons. The fourth-order valence-corrected chi connectivity index (χ4v) is 5.18. The van der Waals surface area contributed by atoms with E-state index < -0.39 is 0 Å². The molecule has 29 heavy (non-hydrogen) atoms. The Labute approximate surface area is 186 Å². The molecule has 0 amide bonds. The van der Waals surface area contributed by atoms with Crippen LogP contribution in [0.3, 0.4) is 0 Å². The molecular weight excluding hydrogens is 468 g/mol. The quantitative estimate of drug-likeness (QED) is 0.309. The number of thiazole rings is 1. The summed E-state index contributed by atoms with van der Waals surface area (Å²) >= 11 is 6.78. The van der Waals surface area contributed by atoms with Crippen molar-refractivity contribution in [2.24, 2.45) is 0 Å². The van der Waals surface area contributed by atoms with Crippen molar-refractivity contribution < 1.29 is 4.74 Å². The lowest BCUT2D eigenvalue weighted by Crippen LogP contribution is -1.99. The lowest BCUT2D eigenvalue weighted by Gasteiger charge is -2.08. The van der Waals surface area contributed by atoms with Gasteiger partial charge in [-0.3, -0.25) is 4.57 Å². The summed E-state index contributed by atoms with van der Waals surface area (Å²) in [7, 11) is 1.68. The first-order valence-electron chi connectivity index (χ1n) is 8.95. The number of halogens is 1. The van der Waals surface area contributed by atoms with Gasteiger partial charge in [0.2, 0.25) is 0 Å². The fourth-order valence-electron chi connectivity index (χ4n) is 2.98. The zero-order valence-corrected chi connectivity index (χ0v) is 19.4. The summed E-state index contributed by atoms with van der Waals surface area (Å²) in [4.78, 5) is 4.81. The fraction of sp³-hybridized carbons (Fsp3) is 0.190. The van der Waals surface area contributed by atoms with E-state index in [4.69, 9.17) is 9.72 Å². The van der Waals surface area contributed by atoms with Gasteiger partial charge in [0.25, 0.3) is 0 Å². The predicted molar refractivity (Wildman–Crippen MR) is 122 cm³/mol. The lowest BCUT2D eigenvalue weighted by atomic mass is 10.2. The number of nitrogens with zero attached hydrogens (tertiary/aromatic N) is 4. The van der Waals surface area contributed by atoms with Crippen LogP contribution in [-0.4, -0.2) is 26.9 Å². The molecule has 4 aromatic rings. The average molecular weight is 487 g/mol. The number of methoxy groups -OCH3 is 1. The van der Waals surface area contributed by atoms with Gasteiger partial charge in [0, 0.05) is 21.3 Å². The highest BCUT2D eigenvalue weighted by Gasteiger charge is 2.14. The Balaban J connectivity index is 1.56. The van der Waals surface area contributed by atoms with Gasteiger partial charge in [-0.2, -0.15) is 0 Å². The molecular formula is C21H19BrN4OS2. The molecule has 8 heteroatoms. The maximum atomic E-state index is 5.49. The summed E-state index contributed by atoms with van der Waals surface area (Å²) in [6.07, 6.45) is 0. The smallest absolute Gasteiger partial charge is 0.196 e. The van der Waals surface area contributed by atoms with E-state index in [1.54, 1.807) is 30.2 Å². The zero-order valence-electron chi connectivity index (χ0n) is 16.2.